The van der Waals surface area contributed by atoms with Gasteiger partial charge in [-0.25, -0.2) is 9.31 Å². The molecule has 7 nitrogen and oxygen atoms in total. The Morgan fingerprint density at radius 3 is 3.00 bits per heavy atom. The summed E-state index contributed by atoms with van der Waals surface area (Å²) in [6.45, 7) is 4.10. The van der Waals surface area contributed by atoms with Gasteiger partial charge in [0.2, 0.25) is 5.95 Å². The number of hydrogen-bond acceptors (Lipinski definition) is 5. The second-order valence-corrected chi connectivity index (χ2v) is 5.31. The van der Waals surface area contributed by atoms with Crippen molar-refractivity contribution in [3.8, 4) is 0 Å². The van der Waals surface area contributed by atoms with E-state index in [-0.39, 0.29) is 11.6 Å². The minimum atomic E-state index is -1.04. The highest BCUT2D eigenvalue weighted by Crippen LogP contribution is 2.27. The van der Waals surface area contributed by atoms with Crippen LogP contribution in [-0.4, -0.2) is 38.8 Å². The third kappa shape index (κ3) is 2.04. The first-order valence-electron chi connectivity index (χ1n) is 6.70. The molecule has 0 amide bonds. The van der Waals surface area contributed by atoms with Crippen LogP contribution < -0.4 is 10.6 Å². The predicted octanol–water partition coefficient (Wildman–Crippen LogP) is 1.25. The maximum Gasteiger partial charge on any atom is 0.354 e. The van der Waals surface area contributed by atoms with Crippen molar-refractivity contribution in [2.45, 2.75) is 19.8 Å². The number of nitrogen functional groups attached to an aromatic ring is 1. The second-order valence-electron chi connectivity index (χ2n) is 5.31. The lowest BCUT2D eigenvalue weighted by atomic mass is 10.00. The number of nitrogens with two attached hydrogens (primary N) is 1. The minimum absolute atomic E-state index is 0.0676. The van der Waals surface area contributed by atoms with Gasteiger partial charge in [-0.1, -0.05) is 6.92 Å². The summed E-state index contributed by atoms with van der Waals surface area (Å²) < 4.78 is 1.31. The number of piperidine rings is 1. The highest BCUT2D eigenvalue weighted by Gasteiger charge is 2.22. The summed E-state index contributed by atoms with van der Waals surface area (Å²) in [5.41, 5.74) is 7.10. The Morgan fingerprint density at radius 2 is 2.30 bits per heavy atom. The molecule has 3 heterocycles. The first kappa shape index (κ1) is 12.7. The lowest BCUT2D eigenvalue weighted by molar-refractivity contribution is 0.0687. The van der Waals surface area contributed by atoms with Crippen molar-refractivity contribution < 1.29 is 9.90 Å². The molecule has 2 aromatic rings. The zero-order valence-corrected chi connectivity index (χ0v) is 11.3. The summed E-state index contributed by atoms with van der Waals surface area (Å²) in [5.74, 6) is -0.341. The van der Waals surface area contributed by atoms with E-state index in [1.807, 2.05) is 0 Å². The van der Waals surface area contributed by atoms with Gasteiger partial charge in [-0.3, -0.25) is 0 Å². The molecule has 106 valence electrons. The number of carboxylic acids is 1. The second kappa shape index (κ2) is 4.66. The van der Waals surface area contributed by atoms with Gasteiger partial charge in [-0.05, 0) is 30.9 Å². The van der Waals surface area contributed by atoms with E-state index in [0.717, 1.165) is 25.2 Å². The van der Waals surface area contributed by atoms with E-state index >= 15 is 0 Å². The third-order valence-electron chi connectivity index (χ3n) is 3.70. The molecule has 1 aliphatic heterocycles. The number of anilines is 2. The number of hydrogen-bond donors (Lipinski definition) is 2. The molecule has 3 N–H and O–H groups in total. The predicted molar refractivity (Wildman–Crippen MR) is 75.0 cm³/mol. The molecule has 0 radical (unpaired) electrons. The summed E-state index contributed by atoms with van der Waals surface area (Å²) >= 11 is 0. The van der Waals surface area contributed by atoms with Gasteiger partial charge in [0.1, 0.15) is 0 Å². The van der Waals surface area contributed by atoms with Crippen molar-refractivity contribution in [3.63, 3.8) is 0 Å². The molecule has 1 unspecified atom stereocenters. The Hall–Kier alpha value is -2.31. The van der Waals surface area contributed by atoms with Crippen LogP contribution in [0.15, 0.2) is 12.1 Å². The number of pyridine rings is 1. The number of aromatic nitrogens is 3. The maximum atomic E-state index is 11.2. The fourth-order valence-electron chi connectivity index (χ4n) is 2.78. The molecule has 0 bridgehead atoms. The molecule has 3 rings (SSSR count). The van der Waals surface area contributed by atoms with Crippen LogP contribution in [0.25, 0.3) is 5.65 Å². The van der Waals surface area contributed by atoms with Crippen molar-refractivity contribution in [1.29, 1.82) is 0 Å². The molecule has 1 atom stereocenters. The normalized spacial score (nSPS) is 19.4. The van der Waals surface area contributed by atoms with Crippen molar-refractivity contribution in [2.75, 3.05) is 23.7 Å². The topological polar surface area (TPSA) is 96.8 Å². The molecule has 2 aromatic heterocycles. The number of aromatic carboxylic acids is 1. The van der Waals surface area contributed by atoms with Crippen LogP contribution in [0, 0.1) is 5.92 Å². The molecule has 20 heavy (non-hydrogen) atoms. The van der Waals surface area contributed by atoms with E-state index in [9.17, 15) is 9.90 Å². The van der Waals surface area contributed by atoms with Crippen LogP contribution >= 0.6 is 0 Å². The average Bonchev–Trinajstić information content (AvgIpc) is 2.78. The number of fused-ring (bicyclic) bond motifs is 1. The minimum Gasteiger partial charge on any atom is -0.477 e. The fourth-order valence-corrected chi connectivity index (χ4v) is 2.78. The van der Waals surface area contributed by atoms with Gasteiger partial charge in [0.15, 0.2) is 11.3 Å². The van der Waals surface area contributed by atoms with Crippen LogP contribution in [0.4, 0.5) is 11.6 Å². The van der Waals surface area contributed by atoms with Crippen LogP contribution in [0.5, 0.6) is 0 Å². The quantitative estimate of drug-likeness (QED) is 0.856. The van der Waals surface area contributed by atoms with E-state index in [0.29, 0.717) is 11.6 Å². The number of carbonyl (C=O) groups is 1. The lowest BCUT2D eigenvalue weighted by Gasteiger charge is -2.32. The Kier molecular flexibility index (Phi) is 2.96. The lowest BCUT2D eigenvalue weighted by Crippen LogP contribution is -2.34. The van der Waals surface area contributed by atoms with Gasteiger partial charge in [0.25, 0.3) is 0 Å². The Morgan fingerprint density at radius 1 is 1.50 bits per heavy atom. The summed E-state index contributed by atoms with van der Waals surface area (Å²) in [4.78, 5) is 17.6. The summed E-state index contributed by atoms with van der Waals surface area (Å²) in [7, 11) is 0. The van der Waals surface area contributed by atoms with E-state index in [4.69, 9.17) is 5.73 Å². The van der Waals surface area contributed by atoms with Gasteiger partial charge in [0, 0.05) is 13.1 Å². The molecular weight excluding hydrogens is 258 g/mol. The van der Waals surface area contributed by atoms with Crippen molar-refractivity contribution >= 4 is 23.3 Å². The number of nitrogens with zero attached hydrogens (tertiary/aromatic N) is 4. The molecular formula is C13H17N5O2. The standard InChI is InChI=1S/C13H17N5O2/c1-8-3-2-6-17(7-8)9-4-5-10(12(19)20)18-11(9)15-13(14)16-18/h4-5,8H,2-3,6-7H2,1H3,(H2,14,16)(H,19,20). The molecule has 1 fully saturated rings. The average molecular weight is 275 g/mol. The molecule has 1 saturated heterocycles. The van der Waals surface area contributed by atoms with Crippen LogP contribution in [0.1, 0.15) is 30.3 Å². The van der Waals surface area contributed by atoms with Crippen molar-refractivity contribution in [3.05, 3.63) is 17.8 Å². The highest BCUT2D eigenvalue weighted by atomic mass is 16.4. The van der Waals surface area contributed by atoms with Crippen molar-refractivity contribution in [1.82, 2.24) is 14.6 Å². The SMILES string of the molecule is CC1CCCN(c2ccc(C(=O)O)n3nc(N)nc23)C1. The summed E-state index contributed by atoms with van der Waals surface area (Å²) in [5, 5.41) is 13.2. The van der Waals surface area contributed by atoms with Gasteiger partial charge in [-0.2, -0.15) is 4.98 Å². The van der Waals surface area contributed by atoms with Gasteiger partial charge >= 0.3 is 5.97 Å². The molecule has 0 spiro atoms. The van der Waals surface area contributed by atoms with E-state index in [1.54, 1.807) is 12.1 Å². The van der Waals surface area contributed by atoms with Gasteiger partial charge in [-0.15, -0.1) is 5.10 Å². The monoisotopic (exact) mass is 275 g/mol. The number of rotatable bonds is 2. The first-order chi connectivity index (χ1) is 9.56. The Balaban J connectivity index is 2.12. The summed E-state index contributed by atoms with van der Waals surface area (Å²) in [6, 6.07) is 3.35. The molecule has 1 aliphatic rings. The zero-order valence-electron chi connectivity index (χ0n) is 11.3. The third-order valence-corrected chi connectivity index (χ3v) is 3.70. The number of carboxylic acid groups (broad SMARTS) is 1. The molecule has 0 aromatic carbocycles. The first-order valence-corrected chi connectivity index (χ1v) is 6.70. The van der Waals surface area contributed by atoms with Crippen LogP contribution in [0.2, 0.25) is 0 Å². The van der Waals surface area contributed by atoms with Crippen LogP contribution in [-0.2, 0) is 0 Å². The maximum absolute atomic E-state index is 11.2. The smallest absolute Gasteiger partial charge is 0.354 e. The van der Waals surface area contributed by atoms with Crippen LogP contribution in [0.3, 0.4) is 0 Å². The Labute approximate surface area is 116 Å². The molecule has 7 heteroatoms. The molecule has 0 aliphatic carbocycles. The highest BCUT2D eigenvalue weighted by molar-refractivity contribution is 5.88. The van der Waals surface area contributed by atoms with Gasteiger partial charge in [0.05, 0.1) is 5.69 Å². The largest absolute Gasteiger partial charge is 0.477 e. The summed E-state index contributed by atoms with van der Waals surface area (Å²) in [6.07, 6.45) is 2.34. The molecule has 0 saturated carbocycles. The fraction of sp³-hybridized carbons (Fsp3) is 0.462. The van der Waals surface area contributed by atoms with Gasteiger partial charge < -0.3 is 15.7 Å². The zero-order chi connectivity index (χ0) is 14.3. The van der Waals surface area contributed by atoms with E-state index in [2.05, 4.69) is 21.9 Å². The van der Waals surface area contributed by atoms with E-state index < -0.39 is 5.97 Å². The van der Waals surface area contributed by atoms with E-state index in [1.165, 1.54) is 10.9 Å². The van der Waals surface area contributed by atoms with Crippen molar-refractivity contribution in [2.24, 2.45) is 5.92 Å². The Bertz CT molecular complexity index is 666.